The predicted octanol–water partition coefficient (Wildman–Crippen LogP) is 2.98. The van der Waals surface area contributed by atoms with E-state index in [0.29, 0.717) is 0 Å². The van der Waals surface area contributed by atoms with Crippen molar-refractivity contribution in [3.05, 3.63) is 65.7 Å². The Bertz CT molecular complexity index is 1030. The van der Waals surface area contributed by atoms with E-state index in [9.17, 15) is 22.8 Å². The summed E-state index contributed by atoms with van der Waals surface area (Å²) in [6, 6.07) is 12.3. The Labute approximate surface area is 175 Å². The number of sulfonamides is 1. The maximum absolute atomic E-state index is 13.0. The van der Waals surface area contributed by atoms with Crippen LogP contribution in [0, 0.1) is 6.92 Å². The molecule has 2 aromatic rings. The quantitative estimate of drug-likeness (QED) is 0.718. The summed E-state index contributed by atoms with van der Waals surface area (Å²) in [7, 11) is -4.51. The monoisotopic (exact) mass is 433 g/mol. The number of benzene rings is 2. The first-order chi connectivity index (χ1) is 13.9. The molecular weight excluding hydrogens is 410 g/mol. The van der Waals surface area contributed by atoms with Crippen molar-refractivity contribution >= 4 is 28.1 Å². The van der Waals surface area contributed by atoms with Crippen molar-refractivity contribution in [2.75, 3.05) is 0 Å². The number of nitrogens with one attached hydrogen (secondary N) is 2. The second-order valence-electron chi connectivity index (χ2n) is 7.32. The van der Waals surface area contributed by atoms with Crippen LogP contribution in [0.3, 0.4) is 0 Å². The number of carbonyl (C=O) groups excluding carboxylic acids is 3. The molecule has 0 unspecified atom stereocenters. The van der Waals surface area contributed by atoms with Crippen LogP contribution < -0.4 is 10.7 Å². The third-order valence-corrected chi connectivity index (χ3v) is 5.17. The SMILES string of the molecule is Cc1ccc(S(=O)(=O)N(NC(=O)NC(=O)c2ccccc2)C(=O)OC(C)(C)C)cc1. The summed E-state index contributed by atoms with van der Waals surface area (Å²) >= 11 is 0. The van der Waals surface area contributed by atoms with Gasteiger partial charge in [0.15, 0.2) is 0 Å². The average Bonchev–Trinajstić information content (AvgIpc) is 2.65. The molecule has 2 N–H and O–H groups in total. The van der Waals surface area contributed by atoms with Crippen LogP contribution in [0.25, 0.3) is 0 Å². The van der Waals surface area contributed by atoms with Crippen LogP contribution in [0.2, 0.25) is 0 Å². The van der Waals surface area contributed by atoms with Crippen LogP contribution in [0.4, 0.5) is 9.59 Å². The van der Waals surface area contributed by atoms with Crippen LogP contribution in [-0.2, 0) is 14.8 Å². The molecule has 0 aliphatic carbocycles. The zero-order valence-corrected chi connectivity index (χ0v) is 17.8. The molecule has 30 heavy (non-hydrogen) atoms. The topological polar surface area (TPSA) is 122 Å². The molecule has 0 radical (unpaired) electrons. The fraction of sp³-hybridized carbons (Fsp3) is 0.250. The standard InChI is InChI=1S/C20H23N3O6S/c1-14-10-12-16(13-11-14)30(27,28)23(19(26)29-20(2,3)4)22-18(25)21-17(24)15-8-6-5-7-9-15/h5-13H,1-4H3,(H2,21,22,24,25). The van der Waals surface area contributed by atoms with Gasteiger partial charge in [0.1, 0.15) is 5.60 Å². The second-order valence-corrected chi connectivity index (χ2v) is 9.11. The number of urea groups is 1. The molecule has 0 fully saturated rings. The van der Waals surface area contributed by atoms with Crippen LogP contribution in [-0.4, -0.2) is 36.5 Å². The van der Waals surface area contributed by atoms with Crippen molar-refractivity contribution in [2.24, 2.45) is 0 Å². The van der Waals surface area contributed by atoms with Gasteiger partial charge in [-0.05, 0) is 52.0 Å². The first-order valence-electron chi connectivity index (χ1n) is 8.92. The predicted molar refractivity (Wildman–Crippen MR) is 109 cm³/mol. The van der Waals surface area contributed by atoms with E-state index >= 15 is 0 Å². The molecule has 0 saturated heterocycles. The van der Waals surface area contributed by atoms with Crippen molar-refractivity contribution in [3.63, 3.8) is 0 Å². The van der Waals surface area contributed by atoms with Gasteiger partial charge in [-0.1, -0.05) is 35.9 Å². The smallest absolute Gasteiger partial charge is 0.442 e. The summed E-state index contributed by atoms with van der Waals surface area (Å²) < 4.78 is 31.1. The van der Waals surface area contributed by atoms with Crippen molar-refractivity contribution in [1.29, 1.82) is 0 Å². The molecule has 2 rings (SSSR count). The summed E-state index contributed by atoms with van der Waals surface area (Å²) in [5.41, 5.74) is 1.84. The van der Waals surface area contributed by atoms with Crippen molar-refractivity contribution in [3.8, 4) is 0 Å². The second kappa shape index (κ2) is 8.95. The van der Waals surface area contributed by atoms with Gasteiger partial charge in [-0.15, -0.1) is 4.41 Å². The number of amides is 4. The van der Waals surface area contributed by atoms with Gasteiger partial charge in [-0.3, -0.25) is 10.1 Å². The summed E-state index contributed by atoms with van der Waals surface area (Å²) in [5.74, 6) is -0.773. The van der Waals surface area contributed by atoms with Gasteiger partial charge in [0.25, 0.3) is 15.9 Å². The number of imide groups is 1. The van der Waals surface area contributed by atoms with Crippen molar-refractivity contribution in [1.82, 2.24) is 15.2 Å². The number of nitrogens with zero attached hydrogens (tertiary/aromatic N) is 1. The molecular formula is C20H23N3O6S. The Morgan fingerprint density at radius 2 is 1.50 bits per heavy atom. The molecule has 0 bridgehead atoms. The molecule has 0 spiro atoms. The van der Waals surface area contributed by atoms with Crippen LogP contribution in [0.1, 0.15) is 36.7 Å². The number of hydrazine groups is 1. The highest BCUT2D eigenvalue weighted by molar-refractivity contribution is 7.89. The molecule has 4 amide bonds. The van der Waals surface area contributed by atoms with E-state index in [1.165, 1.54) is 24.3 Å². The Balaban J connectivity index is 2.29. The zero-order valence-electron chi connectivity index (χ0n) is 17.0. The van der Waals surface area contributed by atoms with Crippen LogP contribution in [0.5, 0.6) is 0 Å². The molecule has 0 aromatic heterocycles. The molecule has 0 heterocycles. The molecule has 0 atom stereocenters. The minimum Gasteiger partial charge on any atom is -0.442 e. The number of hydrogen-bond acceptors (Lipinski definition) is 6. The number of rotatable bonds is 3. The summed E-state index contributed by atoms with van der Waals surface area (Å²) in [5, 5.41) is 1.97. The Kier molecular flexibility index (Phi) is 6.83. The number of carbonyl (C=O) groups is 3. The van der Waals surface area contributed by atoms with E-state index in [1.54, 1.807) is 58.0 Å². The zero-order chi connectivity index (χ0) is 22.5. The van der Waals surface area contributed by atoms with E-state index in [4.69, 9.17) is 4.74 Å². The van der Waals surface area contributed by atoms with E-state index in [2.05, 4.69) is 0 Å². The summed E-state index contributed by atoms with van der Waals surface area (Å²) in [6.45, 7) is 6.39. The van der Waals surface area contributed by atoms with Gasteiger partial charge >= 0.3 is 12.1 Å². The lowest BCUT2D eigenvalue weighted by Crippen LogP contribution is -2.54. The van der Waals surface area contributed by atoms with Gasteiger partial charge in [0.05, 0.1) is 4.90 Å². The lowest BCUT2D eigenvalue weighted by atomic mass is 10.2. The Morgan fingerprint density at radius 3 is 2.03 bits per heavy atom. The minimum atomic E-state index is -4.51. The largest absolute Gasteiger partial charge is 0.444 e. The van der Waals surface area contributed by atoms with Gasteiger partial charge in [0.2, 0.25) is 0 Å². The molecule has 0 saturated carbocycles. The summed E-state index contributed by atoms with van der Waals surface area (Å²) in [6.07, 6.45) is -1.33. The average molecular weight is 433 g/mol. The van der Waals surface area contributed by atoms with E-state index < -0.39 is 33.7 Å². The number of hydrogen-bond donors (Lipinski definition) is 2. The summed E-state index contributed by atoms with van der Waals surface area (Å²) in [4.78, 5) is 36.7. The van der Waals surface area contributed by atoms with E-state index in [0.717, 1.165) is 5.56 Å². The van der Waals surface area contributed by atoms with Gasteiger partial charge in [0, 0.05) is 5.56 Å². The molecule has 10 heteroatoms. The third kappa shape index (κ3) is 6.05. The fourth-order valence-electron chi connectivity index (χ4n) is 2.21. The lowest BCUT2D eigenvalue weighted by Gasteiger charge is -2.26. The van der Waals surface area contributed by atoms with Gasteiger partial charge < -0.3 is 4.74 Å². The molecule has 2 aromatic carbocycles. The van der Waals surface area contributed by atoms with Crippen molar-refractivity contribution < 1.29 is 27.5 Å². The highest BCUT2D eigenvalue weighted by Gasteiger charge is 2.35. The molecule has 0 aliphatic rings. The highest BCUT2D eigenvalue weighted by Crippen LogP contribution is 2.18. The fourth-order valence-corrected chi connectivity index (χ4v) is 3.34. The number of aryl methyl sites for hydroxylation is 1. The maximum Gasteiger partial charge on any atom is 0.444 e. The first-order valence-corrected chi connectivity index (χ1v) is 10.4. The Morgan fingerprint density at radius 1 is 0.933 bits per heavy atom. The normalized spacial score (nSPS) is 11.3. The van der Waals surface area contributed by atoms with Crippen LogP contribution >= 0.6 is 0 Å². The molecule has 9 nitrogen and oxygen atoms in total. The lowest BCUT2D eigenvalue weighted by molar-refractivity contribution is 0.0340. The Hall–Kier alpha value is -3.40. The first kappa shape index (κ1) is 22.9. The molecule has 160 valence electrons. The minimum absolute atomic E-state index is 0.0660. The third-order valence-electron chi connectivity index (χ3n) is 3.58. The van der Waals surface area contributed by atoms with E-state index in [1.807, 2.05) is 10.7 Å². The van der Waals surface area contributed by atoms with Crippen molar-refractivity contribution in [2.45, 2.75) is 38.2 Å². The highest BCUT2D eigenvalue weighted by atomic mass is 32.2. The maximum atomic E-state index is 13.0. The van der Waals surface area contributed by atoms with Gasteiger partial charge in [-0.2, -0.15) is 8.42 Å². The molecule has 0 aliphatic heterocycles. The number of ether oxygens (including phenoxy) is 1. The van der Waals surface area contributed by atoms with Crippen LogP contribution in [0.15, 0.2) is 59.5 Å². The van der Waals surface area contributed by atoms with Gasteiger partial charge in [-0.25, -0.2) is 15.0 Å². The van der Waals surface area contributed by atoms with E-state index in [-0.39, 0.29) is 14.9 Å².